The number of nitrogens with two attached hydrogens (primary N) is 1. The third-order valence-electron chi connectivity index (χ3n) is 4.54. The largest absolute Gasteiger partial charge is 0.416 e. The van der Waals surface area contributed by atoms with Crippen LogP contribution in [0.25, 0.3) is 0 Å². The fraction of sp³-hybridized carbons (Fsp3) is 0.588. The van der Waals surface area contributed by atoms with Crippen molar-refractivity contribution in [1.29, 1.82) is 0 Å². The van der Waals surface area contributed by atoms with Crippen molar-refractivity contribution in [3.05, 3.63) is 35.4 Å². The lowest BCUT2D eigenvalue weighted by Crippen LogP contribution is -2.45. The van der Waals surface area contributed by atoms with Crippen molar-refractivity contribution >= 4 is 5.91 Å². The van der Waals surface area contributed by atoms with Gasteiger partial charge in [-0.3, -0.25) is 9.69 Å². The zero-order chi connectivity index (χ0) is 17.9. The molecule has 1 amide bonds. The summed E-state index contributed by atoms with van der Waals surface area (Å²) in [5.41, 5.74) is 5.74. The average molecular weight is 343 g/mol. The van der Waals surface area contributed by atoms with Crippen LogP contribution in [0.1, 0.15) is 36.9 Å². The van der Waals surface area contributed by atoms with E-state index in [9.17, 15) is 18.0 Å². The van der Waals surface area contributed by atoms with Gasteiger partial charge in [-0.05, 0) is 57.0 Å². The molecular formula is C17H24F3N3O. The van der Waals surface area contributed by atoms with Crippen molar-refractivity contribution in [3.8, 4) is 0 Å². The van der Waals surface area contributed by atoms with Gasteiger partial charge in [0.15, 0.2) is 0 Å². The SMILES string of the molecule is C[C@@H](N)C(=O)NCC1CCCN(C)C1c1ccc(C(F)(F)F)cc1. The van der Waals surface area contributed by atoms with E-state index in [1.54, 1.807) is 6.92 Å². The maximum absolute atomic E-state index is 12.7. The van der Waals surface area contributed by atoms with Crippen LogP contribution < -0.4 is 11.1 Å². The Morgan fingerprint density at radius 1 is 1.38 bits per heavy atom. The zero-order valence-electron chi connectivity index (χ0n) is 13.9. The van der Waals surface area contributed by atoms with Crippen LogP contribution in [0.3, 0.4) is 0 Å². The van der Waals surface area contributed by atoms with Gasteiger partial charge < -0.3 is 11.1 Å². The monoisotopic (exact) mass is 343 g/mol. The van der Waals surface area contributed by atoms with Gasteiger partial charge in [0, 0.05) is 12.6 Å². The van der Waals surface area contributed by atoms with E-state index in [1.807, 2.05) is 7.05 Å². The lowest BCUT2D eigenvalue weighted by Gasteiger charge is -2.40. The molecule has 1 aromatic rings. The summed E-state index contributed by atoms with van der Waals surface area (Å²) in [4.78, 5) is 13.8. The molecule has 4 nitrogen and oxygen atoms in total. The van der Waals surface area contributed by atoms with E-state index in [0.717, 1.165) is 37.1 Å². The predicted molar refractivity (Wildman–Crippen MR) is 86.2 cm³/mol. The number of hydrogen-bond donors (Lipinski definition) is 2. The van der Waals surface area contributed by atoms with Crippen molar-refractivity contribution in [1.82, 2.24) is 10.2 Å². The van der Waals surface area contributed by atoms with Gasteiger partial charge in [-0.1, -0.05) is 12.1 Å². The van der Waals surface area contributed by atoms with Crippen LogP contribution in [0.15, 0.2) is 24.3 Å². The van der Waals surface area contributed by atoms with Crippen molar-refractivity contribution in [2.75, 3.05) is 20.1 Å². The second-order valence-electron chi connectivity index (χ2n) is 6.48. The average Bonchev–Trinajstić information content (AvgIpc) is 2.51. The molecule has 0 aliphatic carbocycles. The van der Waals surface area contributed by atoms with Gasteiger partial charge in [0.05, 0.1) is 11.6 Å². The Kier molecular flexibility index (Phi) is 5.87. The number of benzene rings is 1. The summed E-state index contributed by atoms with van der Waals surface area (Å²) in [6, 6.07) is 4.72. The van der Waals surface area contributed by atoms with Crippen LogP contribution in [0.2, 0.25) is 0 Å². The first-order valence-corrected chi connectivity index (χ1v) is 8.11. The molecule has 3 N–H and O–H groups in total. The van der Waals surface area contributed by atoms with Crippen molar-refractivity contribution in [3.63, 3.8) is 0 Å². The fourth-order valence-electron chi connectivity index (χ4n) is 3.26. The number of nitrogens with one attached hydrogen (secondary N) is 1. The second kappa shape index (κ2) is 7.53. The number of piperidine rings is 1. The highest BCUT2D eigenvalue weighted by molar-refractivity contribution is 5.80. The van der Waals surface area contributed by atoms with Gasteiger partial charge in [-0.25, -0.2) is 0 Å². The molecule has 7 heteroatoms. The number of carbonyl (C=O) groups excluding carboxylic acids is 1. The van der Waals surface area contributed by atoms with Crippen LogP contribution in [0.5, 0.6) is 0 Å². The van der Waals surface area contributed by atoms with Crippen LogP contribution in [-0.2, 0) is 11.0 Å². The molecule has 1 aromatic carbocycles. The molecule has 1 saturated heterocycles. The van der Waals surface area contributed by atoms with E-state index in [2.05, 4.69) is 10.2 Å². The third-order valence-corrected chi connectivity index (χ3v) is 4.54. The quantitative estimate of drug-likeness (QED) is 0.883. The minimum atomic E-state index is -4.33. The summed E-state index contributed by atoms with van der Waals surface area (Å²) >= 11 is 0. The van der Waals surface area contributed by atoms with E-state index in [0.29, 0.717) is 6.54 Å². The van der Waals surface area contributed by atoms with Gasteiger partial charge in [-0.15, -0.1) is 0 Å². The predicted octanol–water partition coefficient (Wildman–Crippen LogP) is 2.55. The van der Waals surface area contributed by atoms with Gasteiger partial charge in [-0.2, -0.15) is 13.2 Å². The molecular weight excluding hydrogens is 319 g/mol. The van der Waals surface area contributed by atoms with E-state index >= 15 is 0 Å². The van der Waals surface area contributed by atoms with E-state index < -0.39 is 17.8 Å². The molecule has 0 saturated carbocycles. The van der Waals surface area contributed by atoms with Crippen molar-refractivity contribution in [2.24, 2.45) is 11.7 Å². The summed E-state index contributed by atoms with van der Waals surface area (Å²) in [5, 5.41) is 2.84. The Morgan fingerprint density at radius 3 is 2.54 bits per heavy atom. The number of carbonyl (C=O) groups is 1. The molecule has 1 aliphatic heterocycles. The number of nitrogens with zero attached hydrogens (tertiary/aromatic N) is 1. The maximum atomic E-state index is 12.7. The summed E-state index contributed by atoms with van der Waals surface area (Å²) in [7, 11) is 1.96. The Labute approximate surface area is 140 Å². The fourth-order valence-corrected chi connectivity index (χ4v) is 3.26. The minimum Gasteiger partial charge on any atom is -0.354 e. The Hall–Kier alpha value is -1.60. The molecule has 2 unspecified atom stereocenters. The van der Waals surface area contributed by atoms with Gasteiger partial charge in [0.1, 0.15) is 0 Å². The van der Waals surface area contributed by atoms with Crippen molar-refractivity contribution in [2.45, 2.75) is 38.0 Å². The number of halogens is 3. The number of likely N-dealkylation sites (tertiary alicyclic amines) is 1. The Bertz CT molecular complexity index is 557. The van der Waals surface area contributed by atoms with Crippen LogP contribution in [0, 0.1) is 5.92 Å². The molecule has 1 fully saturated rings. The van der Waals surface area contributed by atoms with Gasteiger partial charge in [0.25, 0.3) is 0 Å². The van der Waals surface area contributed by atoms with Crippen molar-refractivity contribution < 1.29 is 18.0 Å². The van der Waals surface area contributed by atoms with Crippen LogP contribution in [-0.4, -0.2) is 37.0 Å². The number of hydrogen-bond acceptors (Lipinski definition) is 3. The summed E-state index contributed by atoms with van der Waals surface area (Å²) in [6.07, 6.45) is -2.43. The lowest BCUT2D eigenvalue weighted by atomic mass is 9.84. The molecule has 1 aliphatic rings. The van der Waals surface area contributed by atoms with Crippen LogP contribution >= 0.6 is 0 Å². The lowest BCUT2D eigenvalue weighted by molar-refractivity contribution is -0.137. The minimum absolute atomic E-state index is 0.0191. The molecule has 3 atom stereocenters. The summed E-state index contributed by atoms with van der Waals surface area (Å²) in [5.74, 6) is -0.0717. The van der Waals surface area contributed by atoms with E-state index in [-0.39, 0.29) is 17.9 Å². The molecule has 2 rings (SSSR count). The Balaban J connectivity index is 2.15. The molecule has 0 radical (unpaired) electrons. The van der Waals surface area contributed by atoms with Gasteiger partial charge in [0.2, 0.25) is 5.91 Å². The first kappa shape index (κ1) is 18.7. The smallest absolute Gasteiger partial charge is 0.354 e. The molecule has 134 valence electrons. The first-order valence-electron chi connectivity index (χ1n) is 8.11. The molecule has 0 spiro atoms. The number of alkyl halides is 3. The second-order valence-corrected chi connectivity index (χ2v) is 6.48. The molecule has 24 heavy (non-hydrogen) atoms. The highest BCUT2D eigenvalue weighted by atomic mass is 19.4. The third kappa shape index (κ3) is 4.48. The summed E-state index contributed by atoms with van der Waals surface area (Å²) < 4.78 is 38.2. The molecule has 1 heterocycles. The molecule has 0 aromatic heterocycles. The van der Waals surface area contributed by atoms with E-state index in [4.69, 9.17) is 5.73 Å². The van der Waals surface area contributed by atoms with E-state index in [1.165, 1.54) is 12.1 Å². The highest BCUT2D eigenvalue weighted by Crippen LogP contribution is 2.36. The number of rotatable bonds is 4. The topological polar surface area (TPSA) is 58.4 Å². The summed E-state index contributed by atoms with van der Waals surface area (Å²) in [6.45, 7) is 2.97. The van der Waals surface area contributed by atoms with Crippen LogP contribution in [0.4, 0.5) is 13.2 Å². The standard InChI is InChI=1S/C17H24F3N3O/c1-11(21)16(24)22-10-13-4-3-9-23(2)15(13)12-5-7-14(8-6-12)17(18,19)20/h5-8,11,13,15H,3-4,9-10,21H2,1-2H3,(H,22,24)/t11-,13?,15?/m1/s1. The number of amides is 1. The molecule has 0 bridgehead atoms. The first-order chi connectivity index (χ1) is 11.2. The Morgan fingerprint density at radius 2 is 2.00 bits per heavy atom. The normalized spacial score (nSPS) is 23.8. The van der Waals surface area contributed by atoms with Gasteiger partial charge >= 0.3 is 6.18 Å². The highest BCUT2D eigenvalue weighted by Gasteiger charge is 2.33. The maximum Gasteiger partial charge on any atom is 0.416 e. The zero-order valence-corrected chi connectivity index (χ0v) is 13.9.